The largest absolute Gasteiger partial charge is 0.375 e. The molecule has 1 saturated heterocycles. The first-order valence-corrected chi connectivity index (χ1v) is 6.76. The molecule has 0 bridgehead atoms. The zero-order valence-corrected chi connectivity index (χ0v) is 11.1. The lowest BCUT2D eigenvalue weighted by atomic mass is 10.1. The van der Waals surface area contributed by atoms with E-state index in [0.717, 1.165) is 22.9 Å². The van der Waals surface area contributed by atoms with Gasteiger partial charge in [0.15, 0.2) is 0 Å². The Morgan fingerprint density at radius 1 is 1.47 bits per heavy atom. The SMILES string of the molecule is CCC1CN(C(=O)c2cccc3[nH]ccc23)CCO1. The number of aromatic nitrogens is 1. The molecule has 1 aliphatic heterocycles. The minimum Gasteiger partial charge on any atom is -0.375 e. The maximum Gasteiger partial charge on any atom is 0.254 e. The monoisotopic (exact) mass is 258 g/mol. The van der Waals surface area contributed by atoms with Crippen molar-refractivity contribution in [1.29, 1.82) is 0 Å². The number of benzene rings is 1. The second kappa shape index (κ2) is 5.05. The van der Waals surface area contributed by atoms with Crippen molar-refractivity contribution in [2.24, 2.45) is 0 Å². The van der Waals surface area contributed by atoms with E-state index in [-0.39, 0.29) is 12.0 Å². The third kappa shape index (κ3) is 2.24. The van der Waals surface area contributed by atoms with E-state index in [9.17, 15) is 4.79 Å². The van der Waals surface area contributed by atoms with E-state index in [1.54, 1.807) is 0 Å². The van der Waals surface area contributed by atoms with E-state index < -0.39 is 0 Å². The van der Waals surface area contributed by atoms with Gasteiger partial charge in [-0.2, -0.15) is 0 Å². The Balaban J connectivity index is 1.89. The van der Waals surface area contributed by atoms with Gasteiger partial charge in [-0.3, -0.25) is 4.79 Å². The molecule has 1 amide bonds. The highest BCUT2D eigenvalue weighted by Crippen LogP contribution is 2.20. The Morgan fingerprint density at radius 2 is 2.37 bits per heavy atom. The van der Waals surface area contributed by atoms with Crippen molar-refractivity contribution in [2.75, 3.05) is 19.7 Å². The number of hydrogen-bond donors (Lipinski definition) is 1. The standard InChI is InChI=1S/C15H18N2O2/c1-2-11-10-17(8-9-19-11)15(18)13-4-3-5-14-12(13)6-7-16-14/h3-7,11,16H,2,8-10H2,1H3. The Hall–Kier alpha value is -1.81. The van der Waals surface area contributed by atoms with Gasteiger partial charge >= 0.3 is 0 Å². The summed E-state index contributed by atoms with van der Waals surface area (Å²) < 4.78 is 5.62. The highest BCUT2D eigenvalue weighted by Gasteiger charge is 2.24. The molecule has 19 heavy (non-hydrogen) atoms. The van der Waals surface area contributed by atoms with Crippen molar-refractivity contribution in [3.63, 3.8) is 0 Å². The van der Waals surface area contributed by atoms with Crippen LogP contribution in [0.25, 0.3) is 10.9 Å². The quantitative estimate of drug-likeness (QED) is 0.899. The number of nitrogens with zero attached hydrogens (tertiary/aromatic N) is 1. The molecule has 1 unspecified atom stereocenters. The summed E-state index contributed by atoms with van der Waals surface area (Å²) in [6.45, 7) is 4.09. The van der Waals surface area contributed by atoms with Gasteiger partial charge in [-0.05, 0) is 24.6 Å². The van der Waals surface area contributed by atoms with Crippen LogP contribution in [-0.4, -0.2) is 41.6 Å². The van der Waals surface area contributed by atoms with E-state index in [1.807, 2.05) is 35.4 Å². The number of carbonyl (C=O) groups excluding carboxylic acids is 1. The van der Waals surface area contributed by atoms with E-state index in [1.165, 1.54) is 0 Å². The van der Waals surface area contributed by atoms with Crippen LogP contribution >= 0.6 is 0 Å². The minimum absolute atomic E-state index is 0.104. The van der Waals surface area contributed by atoms with Crippen molar-refractivity contribution in [1.82, 2.24) is 9.88 Å². The Kier molecular flexibility index (Phi) is 3.25. The van der Waals surface area contributed by atoms with Gasteiger partial charge in [0.1, 0.15) is 0 Å². The van der Waals surface area contributed by atoms with Gasteiger partial charge in [-0.15, -0.1) is 0 Å². The van der Waals surface area contributed by atoms with E-state index in [2.05, 4.69) is 11.9 Å². The Labute approximate surface area is 112 Å². The summed E-state index contributed by atoms with van der Waals surface area (Å²) >= 11 is 0. The average molecular weight is 258 g/mol. The molecule has 1 fully saturated rings. The summed E-state index contributed by atoms with van der Waals surface area (Å²) in [4.78, 5) is 17.7. The first-order chi connectivity index (χ1) is 9.29. The molecule has 1 aromatic heterocycles. The molecule has 1 N–H and O–H groups in total. The van der Waals surface area contributed by atoms with Crippen molar-refractivity contribution >= 4 is 16.8 Å². The average Bonchev–Trinajstić information content (AvgIpc) is 2.95. The molecule has 2 heterocycles. The fraction of sp³-hybridized carbons (Fsp3) is 0.400. The summed E-state index contributed by atoms with van der Waals surface area (Å²) in [5.41, 5.74) is 1.78. The van der Waals surface area contributed by atoms with Gasteiger partial charge < -0.3 is 14.6 Å². The molecular weight excluding hydrogens is 240 g/mol. The molecule has 0 saturated carbocycles. The van der Waals surface area contributed by atoms with Gasteiger partial charge in [-0.1, -0.05) is 13.0 Å². The minimum atomic E-state index is 0.104. The second-order valence-corrected chi connectivity index (χ2v) is 4.90. The number of nitrogens with one attached hydrogen (secondary N) is 1. The van der Waals surface area contributed by atoms with Gasteiger partial charge in [-0.25, -0.2) is 0 Å². The fourth-order valence-corrected chi connectivity index (χ4v) is 2.59. The first-order valence-electron chi connectivity index (χ1n) is 6.76. The number of ether oxygens (including phenoxy) is 1. The predicted octanol–water partition coefficient (Wildman–Crippen LogP) is 2.42. The van der Waals surface area contributed by atoms with E-state index >= 15 is 0 Å². The van der Waals surface area contributed by atoms with Crippen LogP contribution in [0, 0.1) is 0 Å². The molecule has 1 aliphatic rings. The maximum atomic E-state index is 12.6. The normalized spacial score (nSPS) is 19.8. The summed E-state index contributed by atoms with van der Waals surface area (Å²) in [6, 6.07) is 7.76. The highest BCUT2D eigenvalue weighted by molar-refractivity contribution is 6.06. The van der Waals surface area contributed by atoms with Crippen molar-refractivity contribution in [2.45, 2.75) is 19.4 Å². The van der Waals surface area contributed by atoms with Gasteiger partial charge in [0.2, 0.25) is 0 Å². The summed E-state index contributed by atoms with van der Waals surface area (Å²) in [5.74, 6) is 0.104. The number of morpholine rings is 1. The van der Waals surface area contributed by atoms with Gasteiger partial charge in [0, 0.05) is 35.8 Å². The van der Waals surface area contributed by atoms with Crippen LogP contribution in [0.1, 0.15) is 23.7 Å². The van der Waals surface area contributed by atoms with Crippen LogP contribution < -0.4 is 0 Å². The Morgan fingerprint density at radius 3 is 3.21 bits per heavy atom. The van der Waals surface area contributed by atoms with E-state index in [0.29, 0.717) is 19.7 Å². The van der Waals surface area contributed by atoms with Crippen LogP contribution in [0.5, 0.6) is 0 Å². The van der Waals surface area contributed by atoms with Crippen LogP contribution in [0.2, 0.25) is 0 Å². The molecule has 100 valence electrons. The number of amides is 1. The molecule has 3 rings (SSSR count). The van der Waals surface area contributed by atoms with Crippen molar-refractivity contribution in [3.05, 3.63) is 36.0 Å². The maximum absolute atomic E-state index is 12.6. The number of carbonyl (C=O) groups is 1. The zero-order valence-electron chi connectivity index (χ0n) is 11.1. The number of hydrogen-bond acceptors (Lipinski definition) is 2. The molecule has 4 heteroatoms. The number of rotatable bonds is 2. The van der Waals surface area contributed by atoms with Crippen molar-refractivity contribution in [3.8, 4) is 0 Å². The molecular formula is C15H18N2O2. The summed E-state index contributed by atoms with van der Waals surface area (Å²) in [6.07, 6.45) is 2.98. The van der Waals surface area contributed by atoms with Crippen LogP contribution in [0.4, 0.5) is 0 Å². The fourth-order valence-electron chi connectivity index (χ4n) is 2.59. The molecule has 2 aromatic rings. The van der Waals surface area contributed by atoms with Crippen molar-refractivity contribution < 1.29 is 9.53 Å². The number of aromatic amines is 1. The van der Waals surface area contributed by atoms with Crippen LogP contribution in [0.15, 0.2) is 30.5 Å². The number of H-pyrrole nitrogens is 1. The lowest BCUT2D eigenvalue weighted by Gasteiger charge is -2.32. The molecule has 1 atom stereocenters. The highest BCUT2D eigenvalue weighted by atomic mass is 16.5. The smallest absolute Gasteiger partial charge is 0.254 e. The third-order valence-electron chi connectivity index (χ3n) is 3.71. The third-order valence-corrected chi connectivity index (χ3v) is 3.71. The summed E-state index contributed by atoms with van der Waals surface area (Å²) in [5, 5.41) is 0.993. The van der Waals surface area contributed by atoms with E-state index in [4.69, 9.17) is 4.74 Å². The first kappa shape index (κ1) is 12.2. The van der Waals surface area contributed by atoms with Crippen LogP contribution in [0.3, 0.4) is 0 Å². The number of fused-ring (bicyclic) bond motifs is 1. The molecule has 0 radical (unpaired) electrons. The van der Waals surface area contributed by atoms with Gasteiger partial charge in [0.25, 0.3) is 5.91 Å². The Bertz CT molecular complexity index is 591. The molecule has 4 nitrogen and oxygen atoms in total. The topological polar surface area (TPSA) is 45.3 Å². The lowest BCUT2D eigenvalue weighted by Crippen LogP contribution is -2.45. The van der Waals surface area contributed by atoms with Gasteiger partial charge in [0.05, 0.1) is 12.7 Å². The molecule has 1 aromatic carbocycles. The predicted molar refractivity (Wildman–Crippen MR) is 74.2 cm³/mol. The summed E-state index contributed by atoms with van der Waals surface area (Å²) in [7, 11) is 0. The zero-order chi connectivity index (χ0) is 13.2. The lowest BCUT2D eigenvalue weighted by molar-refractivity contribution is -0.0225. The van der Waals surface area contributed by atoms with Crippen LogP contribution in [-0.2, 0) is 4.74 Å². The second-order valence-electron chi connectivity index (χ2n) is 4.90. The molecule has 0 spiro atoms. The molecule has 0 aliphatic carbocycles.